The minimum absolute atomic E-state index is 0.0548. The highest BCUT2D eigenvalue weighted by Gasteiger charge is 2.54. The van der Waals surface area contributed by atoms with Crippen LogP contribution in [0.2, 0.25) is 0 Å². The normalized spacial score (nSPS) is 51.8. The van der Waals surface area contributed by atoms with Gasteiger partial charge in [0.1, 0.15) is 0 Å². The van der Waals surface area contributed by atoms with Gasteiger partial charge in [0.15, 0.2) is 0 Å². The monoisotopic (exact) mass is 300 g/mol. The number of hydrazone groups is 1. The summed E-state index contributed by atoms with van der Waals surface area (Å²) in [5, 5.41) is 4.40. The second kappa shape index (κ2) is 4.82. The van der Waals surface area contributed by atoms with E-state index in [1.165, 1.54) is 44.9 Å². The van der Waals surface area contributed by atoms with Crippen molar-refractivity contribution in [3.8, 4) is 0 Å². The van der Waals surface area contributed by atoms with E-state index < -0.39 is 0 Å². The largest absolute Gasteiger partial charge is 0.273 e. The Morgan fingerprint density at radius 3 is 2.14 bits per heavy atom. The second-order valence-electron chi connectivity index (χ2n) is 9.26. The molecule has 0 aromatic carbocycles. The summed E-state index contributed by atoms with van der Waals surface area (Å²) in [6, 6.07) is 0. The maximum Gasteiger partial charge on any atom is 0.246 e. The molecule has 6 fully saturated rings. The summed E-state index contributed by atoms with van der Waals surface area (Å²) in [4.78, 5) is 12.8. The van der Waals surface area contributed by atoms with Crippen LogP contribution in [0.25, 0.3) is 0 Å². The molecule has 22 heavy (non-hydrogen) atoms. The fourth-order valence-electron chi connectivity index (χ4n) is 7.18. The molecule has 0 spiro atoms. The van der Waals surface area contributed by atoms with Crippen molar-refractivity contribution in [2.75, 3.05) is 0 Å². The Hall–Kier alpha value is -0.860. The van der Waals surface area contributed by atoms with Crippen molar-refractivity contribution in [2.24, 2.45) is 46.0 Å². The summed E-state index contributed by atoms with van der Waals surface area (Å²) < 4.78 is 0. The zero-order valence-corrected chi connectivity index (χ0v) is 13.5. The lowest BCUT2D eigenvalue weighted by molar-refractivity contribution is -0.146. The minimum atomic E-state index is -0.0548. The number of rotatable bonds is 3. The number of amides is 1. The van der Waals surface area contributed by atoms with Crippen molar-refractivity contribution < 1.29 is 4.79 Å². The number of nitrogens with zero attached hydrogens (tertiary/aromatic N) is 1. The van der Waals surface area contributed by atoms with E-state index in [4.69, 9.17) is 0 Å². The predicted molar refractivity (Wildman–Crippen MR) is 86.2 cm³/mol. The predicted octanol–water partition coefficient (Wildman–Crippen LogP) is 3.74. The summed E-state index contributed by atoms with van der Waals surface area (Å²) in [7, 11) is 0. The zero-order valence-electron chi connectivity index (χ0n) is 13.5. The van der Waals surface area contributed by atoms with Gasteiger partial charge in [-0.1, -0.05) is 6.42 Å². The summed E-state index contributed by atoms with van der Waals surface area (Å²) in [6.45, 7) is 0. The molecule has 1 N–H and O–H groups in total. The molecule has 6 rings (SSSR count). The quantitative estimate of drug-likeness (QED) is 0.626. The van der Waals surface area contributed by atoms with Gasteiger partial charge in [-0.25, -0.2) is 5.43 Å². The van der Waals surface area contributed by atoms with Gasteiger partial charge in [0.2, 0.25) is 5.91 Å². The fraction of sp³-hybridized carbons (Fsp3) is 0.895. The lowest BCUT2D eigenvalue weighted by atomic mass is 9.49. The lowest BCUT2D eigenvalue weighted by Gasteiger charge is -2.55. The van der Waals surface area contributed by atoms with Crippen LogP contribution >= 0.6 is 0 Å². The van der Waals surface area contributed by atoms with E-state index in [1.54, 1.807) is 0 Å². The van der Waals surface area contributed by atoms with E-state index >= 15 is 0 Å². The molecular formula is C19H28N2O. The molecule has 0 unspecified atom stereocenters. The Labute approximate surface area is 133 Å². The fourth-order valence-corrected chi connectivity index (χ4v) is 7.18. The van der Waals surface area contributed by atoms with Gasteiger partial charge in [0.05, 0.1) is 5.41 Å². The van der Waals surface area contributed by atoms with Crippen molar-refractivity contribution in [1.29, 1.82) is 0 Å². The number of hydrogen-bond donors (Lipinski definition) is 1. The minimum Gasteiger partial charge on any atom is -0.273 e. The van der Waals surface area contributed by atoms with Crippen LogP contribution in [-0.4, -0.2) is 12.1 Å². The van der Waals surface area contributed by atoms with Gasteiger partial charge in [-0.05, 0) is 93.3 Å². The number of hydrogen-bond acceptors (Lipinski definition) is 2. The molecule has 0 aromatic rings. The smallest absolute Gasteiger partial charge is 0.246 e. The number of carbonyl (C=O) groups is 1. The average molecular weight is 300 g/mol. The zero-order chi connectivity index (χ0) is 14.7. The second-order valence-corrected chi connectivity index (χ2v) is 9.26. The van der Waals surface area contributed by atoms with Crippen LogP contribution in [0, 0.1) is 40.9 Å². The molecule has 3 atom stereocenters. The molecule has 3 heteroatoms. The Bertz CT molecular complexity index is 476. The molecule has 6 aliphatic rings. The molecule has 6 bridgehead atoms. The SMILES string of the molecule is O=C(N/N=C\[C@@H]1C[C@@H]2CC[C@@H]1C2)C12CC3CC(CC(C3)C1)C2. The summed E-state index contributed by atoms with van der Waals surface area (Å²) in [5.74, 6) is 5.15. The Kier molecular flexibility index (Phi) is 2.97. The van der Waals surface area contributed by atoms with Crippen LogP contribution < -0.4 is 5.43 Å². The molecule has 0 aliphatic heterocycles. The molecule has 3 nitrogen and oxygen atoms in total. The molecular weight excluding hydrogens is 272 g/mol. The van der Waals surface area contributed by atoms with Gasteiger partial charge in [-0.2, -0.15) is 5.10 Å². The van der Waals surface area contributed by atoms with Gasteiger partial charge in [0.25, 0.3) is 0 Å². The maximum absolute atomic E-state index is 12.8. The Morgan fingerprint density at radius 2 is 1.59 bits per heavy atom. The van der Waals surface area contributed by atoms with Gasteiger partial charge < -0.3 is 0 Å². The summed E-state index contributed by atoms with van der Waals surface area (Å²) in [6.07, 6.45) is 15.2. The van der Waals surface area contributed by atoms with Crippen LogP contribution in [0.5, 0.6) is 0 Å². The number of nitrogens with one attached hydrogen (secondary N) is 1. The Balaban J connectivity index is 1.24. The molecule has 6 aliphatic carbocycles. The lowest BCUT2D eigenvalue weighted by Crippen LogP contribution is -2.52. The summed E-state index contributed by atoms with van der Waals surface area (Å²) in [5.41, 5.74) is 2.90. The van der Waals surface area contributed by atoms with E-state index in [0.29, 0.717) is 5.92 Å². The Morgan fingerprint density at radius 1 is 0.909 bits per heavy atom. The first kappa shape index (κ1) is 13.6. The van der Waals surface area contributed by atoms with E-state index in [0.717, 1.165) is 48.9 Å². The van der Waals surface area contributed by atoms with Crippen molar-refractivity contribution in [3.05, 3.63) is 0 Å². The van der Waals surface area contributed by atoms with E-state index in [9.17, 15) is 4.79 Å². The summed E-state index contributed by atoms with van der Waals surface area (Å²) >= 11 is 0. The third-order valence-electron chi connectivity index (χ3n) is 7.74. The van der Waals surface area contributed by atoms with Crippen molar-refractivity contribution in [1.82, 2.24) is 5.43 Å². The van der Waals surface area contributed by atoms with Crippen LogP contribution in [-0.2, 0) is 4.79 Å². The molecule has 0 radical (unpaired) electrons. The third-order valence-corrected chi connectivity index (χ3v) is 7.74. The van der Waals surface area contributed by atoms with Crippen molar-refractivity contribution in [2.45, 2.75) is 64.2 Å². The van der Waals surface area contributed by atoms with Crippen LogP contribution in [0.1, 0.15) is 64.2 Å². The first-order valence-corrected chi connectivity index (χ1v) is 9.54. The highest BCUT2D eigenvalue weighted by Crippen LogP contribution is 2.60. The van der Waals surface area contributed by atoms with Crippen LogP contribution in [0.3, 0.4) is 0 Å². The van der Waals surface area contributed by atoms with Gasteiger partial charge in [0, 0.05) is 6.21 Å². The number of fused-ring (bicyclic) bond motifs is 2. The molecule has 0 saturated heterocycles. The third kappa shape index (κ3) is 2.07. The van der Waals surface area contributed by atoms with Gasteiger partial charge in [-0.15, -0.1) is 0 Å². The van der Waals surface area contributed by atoms with Gasteiger partial charge in [-0.3, -0.25) is 4.79 Å². The highest BCUT2D eigenvalue weighted by atomic mass is 16.2. The maximum atomic E-state index is 12.8. The van der Waals surface area contributed by atoms with Crippen LogP contribution in [0.4, 0.5) is 0 Å². The van der Waals surface area contributed by atoms with E-state index in [1.807, 2.05) is 0 Å². The first-order valence-electron chi connectivity index (χ1n) is 9.54. The molecule has 6 saturated carbocycles. The standard InChI is InChI=1S/C19H28N2O/c22-18(21-20-11-17-7-12-1-2-16(17)6-12)19-8-13-3-14(9-19)5-15(4-13)10-19/h11-17H,1-10H2,(H,21,22)/b20-11-/t12-,13?,14?,15?,16-,17+,19?/m1/s1. The van der Waals surface area contributed by atoms with Crippen LogP contribution in [0.15, 0.2) is 5.10 Å². The molecule has 0 heterocycles. The molecule has 0 aromatic heterocycles. The topological polar surface area (TPSA) is 41.5 Å². The van der Waals surface area contributed by atoms with Crippen molar-refractivity contribution in [3.63, 3.8) is 0 Å². The van der Waals surface area contributed by atoms with E-state index in [-0.39, 0.29) is 11.3 Å². The first-order chi connectivity index (χ1) is 10.7. The number of carbonyl (C=O) groups excluding carboxylic acids is 1. The van der Waals surface area contributed by atoms with Gasteiger partial charge >= 0.3 is 0 Å². The van der Waals surface area contributed by atoms with Crippen molar-refractivity contribution >= 4 is 12.1 Å². The molecule has 120 valence electrons. The average Bonchev–Trinajstić information content (AvgIpc) is 3.08. The van der Waals surface area contributed by atoms with E-state index in [2.05, 4.69) is 16.7 Å². The molecule has 1 amide bonds. The highest BCUT2D eigenvalue weighted by molar-refractivity contribution is 5.83.